The van der Waals surface area contributed by atoms with E-state index in [0.29, 0.717) is 0 Å². The average molecular weight is 293 g/mol. The Morgan fingerprint density at radius 2 is 1.57 bits per heavy atom. The van der Waals surface area contributed by atoms with Gasteiger partial charge in [0.05, 0.1) is 5.69 Å². The van der Waals surface area contributed by atoms with Crippen LogP contribution >= 0.6 is 0 Å². The van der Waals surface area contributed by atoms with E-state index in [1.54, 1.807) is 0 Å². The smallest absolute Gasteiger partial charge is 0.0641 e. The minimum Gasteiger partial charge on any atom is -0.313 e. The Morgan fingerprint density at radius 3 is 2.24 bits per heavy atom. The first-order chi connectivity index (χ1) is 10.2. The second-order valence-corrected chi connectivity index (χ2v) is 6.17. The van der Waals surface area contributed by atoms with E-state index in [1.165, 1.54) is 68.3 Å². The summed E-state index contributed by atoms with van der Waals surface area (Å²) in [6.45, 7) is 12.0. The van der Waals surface area contributed by atoms with Gasteiger partial charge in [0.15, 0.2) is 0 Å². The first kappa shape index (κ1) is 18.2. The molecule has 122 valence electrons. The molecule has 0 saturated carbocycles. The van der Waals surface area contributed by atoms with Crippen molar-refractivity contribution >= 4 is 0 Å². The molecule has 0 amide bonds. The fraction of sp³-hybridized carbons (Fsp3) is 0.833. The summed E-state index contributed by atoms with van der Waals surface area (Å²) < 4.78 is 2.21. The molecule has 0 spiro atoms. The van der Waals surface area contributed by atoms with E-state index in [4.69, 9.17) is 5.10 Å². The first-order valence-electron chi connectivity index (χ1n) is 8.94. The molecule has 1 aromatic rings. The van der Waals surface area contributed by atoms with Gasteiger partial charge in [0.2, 0.25) is 0 Å². The van der Waals surface area contributed by atoms with Gasteiger partial charge in [-0.25, -0.2) is 0 Å². The van der Waals surface area contributed by atoms with E-state index in [1.807, 2.05) is 0 Å². The summed E-state index contributed by atoms with van der Waals surface area (Å²) in [7, 11) is 0. The van der Waals surface area contributed by atoms with Gasteiger partial charge >= 0.3 is 0 Å². The topological polar surface area (TPSA) is 29.9 Å². The molecule has 0 radical (unpaired) electrons. The van der Waals surface area contributed by atoms with Crippen molar-refractivity contribution in [2.75, 3.05) is 6.54 Å². The molecule has 0 aromatic carbocycles. The molecule has 0 fully saturated rings. The van der Waals surface area contributed by atoms with E-state index in [0.717, 1.165) is 19.6 Å². The van der Waals surface area contributed by atoms with Crippen molar-refractivity contribution in [3.63, 3.8) is 0 Å². The second-order valence-electron chi connectivity index (χ2n) is 6.17. The van der Waals surface area contributed by atoms with Gasteiger partial charge in [-0.15, -0.1) is 0 Å². The summed E-state index contributed by atoms with van der Waals surface area (Å²) in [4.78, 5) is 0. The second kappa shape index (κ2) is 10.8. The minimum absolute atomic E-state index is 0.961. The SMILES string of the molecule is CCCCCCCCCn1nc(C)c(CNCCC)c1C. The summed E-state index contributed by atoms with van der Waals surface area (Å²) in [5, 5.41) is 8.20. The number of hydrogen-bond acceptors (Lipinski definition) is 2. The van der Waals surface area contributed by atoms with Gasteiger partial charge in [-0.3, -0.25) is 4.68 Å². The molecule has 1 heterocycles. The Hall–Kier alpha value is -0.830. The van der Waals surface area contributed by atoms with Gasteiger partial charge < -0.3 is 5.32 Å². The van der Waals surface area contributed by atoms with E-state index in [2.05, 4.69) is 37.7 Å². The van der Waals surface area contributed by atoms with Crippen molar-refractivity contribution in [3.05, 3.63) is 17.0 Å². The highest BCUT2D eigenvalue weighted by Gasteiger charge is 2.10. The van der Waals surface area contributed by atoms with E-state index < -0.39 is 0 Å². The predicted octanol–water partition coefficient (Wildman–Crippen LogP) is 4.75. The average Bonchev–Trinajstić information content (AvgIpc) is 2.74. The summed E-state index contributed by atoms with van der Waals surface area (Å²) in [5.41, 5.74) is 3.94. The highest BCUT2D eigenvalue weighted by molar-refractivity contribution is 5.24. The lowest BCUT2D eigenvalue weighted by molar-refractivity contribution is 0.514. The summed E-state index contributed by atoms with van der Waals surface area (Å²) >= 11 is 0. The van der Waals surface area contributed by atoms with Crippen LogP contribution in [0.3, 0.4) is 0 Å². The van der Waals surface area contributed by atoms with Crippen molar-refractivity contribution in [3.8, 4) is 0 Å². The number of hydrogen-bond donors (Lipinski definition) is 1. The van der Waals surface area contributed by atoms with E-state index >= 15 is 0 Å². The third-order valence-electron chi connectivity index (χ3n) is 4.23. The van der Waals surface area contributed by atoms with Crippen molar-refractivity contribution in [2.24, 2.45) is 0 Å². The molecule has 0 bridgehead atoms. The van der Waals surface area contributed by atoms with Gasteiger partial charge in [0.1, 0.15) is 0 Å². The first-order valence-corrected chi connectivity index (χ1v) is 8.94. The van der Waals surface area contributed by atoms with Gasteiger partial charge in [0.25, 0.3) is 0 Å². The van der Waals surface area contributed by atoms with Crippen molar-refractivity contribution in [1.29, 1.82) is 0 Å². The highest BCUT2D eigenvalue weighted by Crippen LogP contribution is 2.14. The third-order valence-corrected chi connectivity index (χ3v) is 4.23. The van der Waals surface area contributed by atoms with Crippen LogP contribution in [0.1, 0.15) is 82.2 Å². The Balaban J connectivity index is 2.30. The fourth-order valence-electron chi connectivity index (χ4n) is 2.82. The monoisotopic (exact) mass is 293 g/mol. The van der Waals surface area contributed by atoms with Gasteiger partial charge in [0, 0.05) is 24.3 Å². The maximum atomic E-state index is 4.71. The van der Waals surface area contributed by atoms with Crippen LogP contribution in [0, 0.1) is 13.8 Å². The van der Waals surface area contributed by atoms with Crippen molar-refractivity contribution in [2.45, 2.75) is 92.2 Å². The minimum atomic E-state index is 0.961. The molecule has 0 saturated heterocycles. The zero-order valence-corrected chi connectivity index (χ0v) is 14.7. The zero-order chi connectivity index (χ0) is 15.5. The summed E-state index contributed by atoms with van der Waals surface area (Å²) in [6, 6.07) is 0. The van der Waals surface area contributed by atoms with Crippen LogP contribution < -0.4 is 5.32 Å². The molecule has 1 N–H and O–H groups in total. The van der Waals surface area contributed by atoms with Gasteiger partial charge in [-0.2, -0.15) is 5.10 Å². The molecular formula is C18H35N3. The normalized spacial score (nSPS) is 11.2. The quantitative estimate of drug-likeness (QED) is 0.564. The number of nitrogens with zero attached hydrogens (tertiary/aromatic N) is 2. The molecular weight excluding hydrogens is 258 g/mol. The summed E-state index contributed by atoms with van der Waals surface area (Å²) in [5.74, 6) is 0. The Labute approximate surface area is 131 Å². The largest absolute Gasteiger partial charge is 0.313 e. The third kappa shape index (κ3) is 6.64. The molecule has 3 nitrogen and oxygen atoms in total. The van der Waals surface area contributed by atoms with Crippen LogP contribution in [0.2, 0.25) is 0 Å². The zero-order valence-electron chi connectivity index (χ0n) is 14.7. The predicted molar refractivity (Wildman–Crippen MR) is 91.7 cm³/mol. The maximum absolute atomic E-state index is 4.71. The number of aryl methyl sites for hydroxylation is 2. The molecule has 0 aliphatic rings. The van der Waals surface area contributed by atoms with E-state index in [-0.39, 0.29) is 0 Å². The Bertz CT molecular complexity index is 382. The fourth-order valence-corrected chi connectivity index (χ4v) is 2.82. The van der Waals surface area contributed by atoms with Crippen molar-refractivity contribution < 1.29 is 0 Å². The van der Waals surface area contributed by atoms with Crippen LogP contribution in [-0.2, 0) is 13.1 Å². The van der Waals surface area contributed by atoms with Crippen LogP contribution in [0.4, 0.5) is 0 Å². The van der Waals surface area contributed by atoms with Gasteiger partial charge in [-0.1, -0.05) is 52.4 Å². The molecule has 0 atom stereocenters. The number of unbranched alkanes of at least 4 members (excludes halogenated alkanes) is 6. The molecule has 0 aliphatic carbocycles. The lowest BCUT2D eigenvalue weighted by Crippen LogP contribution is -2.15. The molecule has 3 heteroatoms. The van der Waals surface area contributed by atoms with E-state index in [9.17, 15) is 0 Å². The molecule has 0 unspecified atom stereocenters. The van der Waals surface area contributed by atoms with Crippen molar-refractivity contribution in [1.82, 2.24) is 15.1 Å². The lowest BCUT2D eigenvalue weighted by Gasteiger charge is -2.06. The Morgan fingerprint density at radius 1 is 0.905 bits per heavy atom. The molecule has 21 heavy (non-hydrogen) atoms. The number of aromatic nitrogens is 2. The Kier molecular flexibility index (Phi) is 9.40. The maximum Gasteiger partial charge on any atom is 0.0641 e. The van der Waals surface area contributed by atoms with Crippen LogP contribution in [-0.4, -0.2) is 16.3 Å². The van der Waals surface area contributed by atoms with Gasteiger partial charge in [-0.05, 0) is 33.2 Å². The molecule has 1 aromatic heterocycles. The van der Waals surface area contributed by atoms with Crippen LogP contribution in [0.15, 0.2) is 0 Å². The lowest BCUT2D eigenvalue weighted by atomic mass is 10.1. The molecule has 1 rings (SSSR count). The van der Waals surface area contributed by atoms with Crippen LogP contribution in [0.25, 0.3) is 0 Å². The number of nitrogens with one attached hydrogen (secondary N) is 1. The summed E-state index contributed by atoms with van der Waals surface area (Å²) in [6.07, 6.45) is 10.7. The van der Waals surface area contributed by atoms with Crippen LogP contribution in [0.5, 0.6) is 0 Å². The highest BCUT2D eigenvalue weighted by atomic mass is 15.3. The number of rotatable bonds is 12. The standard InChI is InChI=1S/C18H35N3/c1-5-7-8-9-10-11-12-14-21-17(4)18(16(3)20-21)15-19-13-6-2/h19H,5-15H2,1-4H3. The molecule has 0 aliphatic heterocycles.